The maximum Gasteiger partial charge on any atom is 0.119 e. The number of H-pyrrole nitrogens is 1. The largest absolute Gasteiger partial charge is 0.494 e. The van der Waals surface area contributed by atoms with Crippen molar-refractivity contribution in [3.05, 3.63) is 52.5 Å². The predicted molar refractivity (Wildman–Crippen MR) is 116 cm³/mol. The quantitative estimate of drug-likeness (QED) is 0.428. The Balaban J connectivity index is 1.96. The Kier molecular flexibility index (Phi) is 6.81. The molecule has 27 heavy (non-hydrogen) atoms. The third-order valence-corrected chi connectivity index (χ3v) is 5.19. The maximum absolute atomic E-state index is 6.34. The molecule has 0 bridgehead atoms. The van der Waals surface area contributed by atoms with Gasteiger partial charge in [0.15, 0.2) is 0 Å². The Bertz CT molecular complexity index is 884. The van der Waals surface area contributed by atoms with Gasteiger partial charge in [0.2, 0.25) is 0 Å². The highest BCUT2D eigenvalue weighted by molar-refractivity contribution is 6.31. The number of rotatable bonds is 9. The minimum Gasteiger partial charge on any atom is -0.494 e. The first-order valence-electron chi connectivity index (χ1n) is 9.88. The van der Waals surface area contributed by atoms with E-state index in [-0.39, 0.29) is 0 Å². The van der Waals surface area contributed by atoms with Crippen molar-refractivity contribution in [1.29, 1.82) is 0 Å². The first-order valence-corrected chi connectivity index (χ1v) is 10.3. The summed E-state index contributed by atoms with van der Waals surface area (Å²) in [4.78, 5) is 3.64. The highest BCUT2D eigenvalue weighted by atomic mass is 35.5. The number of hydrogen-bond donors (Lipinski definition) is 2. The maximum atomic E-state index is 6.34. The molecule has 0 radical (unpaired) electrons. The zero-order valence-corrected chi connectivity index (χ0v) is 17.0. The topological polar surface area (TPSA) is 51.0 Å². The molecule has 0 unspecified atom stereocenters. The van der Waals surface area contributed by atoms with Crippen LogP contribution in [0.4, 0.5) is 0 Å². The highest BCUT2D eigenvalue weighted by Crippen LogP contribution is 2.35. The molecular weight excluding hydrogens is 356 g/mol. The molecule has 0 atom stereocenters. The molecule has 2 aromatic carbocycles. The van der Waals surface area contributed by atoms with Gasteiger partial charge in [-0.25, -0.2) is 0 Å². The van der Waals surface area contributed by atoms with Crippen LogP contribution in [0, 0.1) is 6.92 Å². The zero-order valence-electron chi connectivity index (χ0n) is 16.3. The molecule has 3 N–H and O–H groups in total. The minimum atomic E-state index is 0.723. The van der Waals surface area contributed by atoms with Gasteiger partial charge in [-0.1, -0.05) is 24.9 Å². The first-order chi connectivity index (χ1) is 13.1. The number of aromatic nitrogens is 1. The number of aromatic amines is 1. The number of halogens is 1. The molecule has 3 rings (SSSR count). The van der Waals surface area contributed by atoms with Crippen LogP contribution in [0.5, 0.6) is 5.75 Å². The standard InChI is InChI=1S/C23H29ClN2O/c1-3-4-13-27-19-10-8-17(9-11-19)23-20(7-5-6-12-25)21-15-18(24)14-16(2)22(21)26-23/h8-11,14-15,26H,3-7,12-13,25H2,1-2H3. The van der Waals surface area contributed by atoms with E-state index in [0.29, 0.717) is 0 Å². The third-order valence-electron chi connectivity index (χ3n) is 4.97. The lowest BCUT2D eigenvalue weighted by Gasteiger charge is -2.08. The minimum absolute atomic E-state index is 0.723. The van der Waals surface area contributed by atoms with E-state index in [2.05, 4.69) is 49.2 Å². The molecule has 3 nitrogen and oxygen atoms in total. The normalized spacial score (nSPS) is 11.3. The number of unbranched alkanes of at least 4 members (excludes halogenated alkanes) is 2. The van der Waals surface area contributed by atoms with Gasteiger partial charge in [0.25, 0.3) is 0 Å². The van der Waals surface area contributed by atoms with E-state index in [4.69, 9.17) is 22.1 Å². The second kappa shape index (κ2) is 9.29. The van der Waals surface area contributed by atoms with Crippen LogP contribution in [-0.2, 0) is 6.42 Å². The Morgan fingerprint density at radius 1 is 1.07 bits per heavy atom. The van der Waals surface area contributed by atoms with Gasteiger partial charge in [0.1, 0.15) is 5.75 Å². The molecule has 1 heterocycles. The molecule has 0 aliphatic rings. The number of fused-ring (bicyclic) bond motifs is 1. The van der Waals surface area contributed by atoms with Gasteiger partial charge < -0.3 is 15.5 Å². The molecular formula is C23H29ClN2O. The number of aryl methyl sites for hydroxylation is 2. The van der Waals surface area contributed by atoms with E-state index in [1.807, 2.05) is 6.07 Å². The van der Waals surface area contributed by atoms with Crippen molar-refractivity contribution in [2.45, 2.75) is 46.0 Å². The predicted octanol–water partition coefficient (Wildman–Crippen LogP) is 6.26. The molecule has 4 heteroatoms. The summed E-state index contributed by atoms with van der Waals surface area (Å²) in [6, 6.07) is 12.5. The van der Waals surface area contributed by atoms with Gasteiger partial charge in [-0.2, -0.15) is 0 Å². The van der Waals surface area contributed by atoms with Crippen molar-refractivity contribution in [1.82, 2.24) is 4.98 Å². The van der Waals surface area contributed by atoms with E-state index in [1.165, 1.54) is 33.3 Å². The Morgan fingerprint density at radius 2 is 1.85 bits per heavy atom. The first kappa shape index (κ1) is 19.8. The summed E-state index contributed by atoms with van der Waals surface area (Å²) < 4.78 is 5.80. The fourth-order valence-corrected chi connectivity index (χ4v) is 3.76. The lowest BCUT2D eigenvalue weighted by Crippen LogP contribution is -1.99. The van der Waals surface area contributed by atoms with E-state index >= 15 is 0 Å². The molecule has 0 saturated carbocycles. The Hall–Kier alpha value is -1.97. The second-order valence-corrected chi connectivity index (χ2v) is 7.53. The van der Waals surface area contributed by atoms with Gasteiger partial charge in [0, 0.05) is 21.6 Å². The van der Waals surface area contributed by atoms with Crippen molar-refractivity contribution in [2.24, 2.45) is 5.73 Å². The molecule has 0 amide bonds. The fourth-order valence-electron chi connectivity index (χ4n) is 3.49. The summed E-state index contributed by atoms with van der Waals surface area (Å²) in [5.41, 5.74) is 11.7. The Morgan fingerprint density at radius 3 is 2.56 bits per heavy atom. The number of nitrogens with one attached hydrogen (secondary N) is 1. The molecule has 144 valence electrons. The molecule has 0 fully saturated rings. The van der Waals surface area contributed by atoms with Crippen molar-refractivity contribution < 1.29 is 4.74 Å². The van der Waals surface area contributed by atoms with Gasteiger partial charge in [-0.3, -0.25) is 0 Å². The number of benzene rings is 2. The van der Waals surface area contributed by atoms with Crippen molar-refractivity contribution in [3.8, 4) is 17.0 Å². The zero-order chi connectivity index (χ0) is 19.2. The van der Waals surface area contributed by atoms with E-state index < -0.39 is 0 Å². The summed E-state index contributed by atoms with van der Waals surface area (Å²) in [7, 11) is 0. The molecule has 0 saturated heterocycles. The van der Waals surface area contributed by atoms with Crippen LogP contribution in [0.15, 0.2) is 36.4 Å². The van der Waals surface area contributed by atoms with Crippen LogP contribution in [-0.4, -0.2) is 18.1 Å². The number of hydrogen-bond acceptors (Lipinski definition) is 2. The van der Waals surface area contributed by atoms with Crippen molar-refractivity contribution >= 4 is 22.5 Å². The third kappa shape index (κ3) is 4.66. The second-order valence-electron chi connectivity index (χ2n) is 7.10. The average Bonchev–Trinajstić information content (AvgIpc) is 3.02. The summed E-state index contributed by atoms with van der Waals surface area (Å²) in [6.07, 6.45) is 5.30. The average molecular weight is 385 g/mol. The van der Waals surface area contributed by atoms with Gasteiger partial charge in [0.05, 0.1) is 6.61 Å². The number of ether oxygens (including phenoxy) is 1. The van der Waals surface area contributed by atoms with E-state index in [0.717, 1.165) is 56.0 Å². The van der Waals surface area contributed by atoms with Crippen LogP contribution in [0.2, 0.25) is 5.02 Å². The van der Waals surface area contributed by atoms with Crippen LogP contribution in [0.25, 0.3) is 22.2 Å². The molecule has 3 aromatic rings. The summed E-state index contributed by atoms with van der Waals surface area (Å²) in [6.45, 7) is 5.76. The number of nitrogens with two attached hydrogens (primary N) is 1. The fraction of sp³-hybridized carbons (Fsp3) is 0.391. The summed E-state index contributed by atoms with van der Waals surface area (Å²) in [5, 5.41) is 2.00. The van der Waals surface area contributed by atoms with Crippen molar-refractivity contribution in [2.75, 3.05) is 13.2 Å². The summed E-state index contributed by atoms with van der Waals surface area (Å²) in [5.74, 6) is 0.923. The molecule has 1 aromatic heterocycles. The van der Waals surface area contributed by atoms with Gasteiger partial charge in [-0.15, -0.1) is 0 Å². The summed E-state index contributed by atoms with van der Waals surface area (Å²) >= 11 is 6.34. The molecule has 0 aliphatic carbocycles. The Labute approximate surface area is 166 Å². The lowest BCUT2D eigenvalue weighted by molar-refractivity contribution is 0.309. The van der Waals surface area contributed by atoms with Gasteiger partial charge in [-0.05, 0) is 92.2 Å². The van der Waals surface area contributed by atoms with E-state index in [1.54, 1.807) is 0 Å². The molecule has 0 spiro atoms. The smallest absolute Gasteiger partial charge is 0.119 e. The van der Waals surface area contributed by atoms with Crippen molar-refractivity contribution in [3.63, 3.8) is 0 Å². The van der Waals surface area contributed by atoms with Gasteiger partial charge >= 0.3 is 0 Å². The van der Waals surface area contributed by atoms with Crippen LogP contribution in [0.1, 0.15) is 43.7 Å². The van der Waals surface area contributed by atoms with E-state index in [9.17, 15) is 0 Å². The monoisotopic (exact) mass is 384 g/mol. The lowest BCUT2D eigenvalue weighted by atomic mass is 9.99. The highest BCUT2D eigenvalue weighted by Gasteiger charge is 2.15. The van der Waals surface area contributed by atoms with Crippen LogP contribution in [0.3, 0.4) is 0 Å². The van der Waals surface area contributed by atoms with Crippen LogP contribution >= 0.6 is 11.6 Å². The molecule has 0 aliphatic heterocycles. The van der Waals surface area contributed by atoms with Crippen LogP contribution < -0.4 is 10.5 Å². The SMILES string of the molecule is CCCCOc1ccc(-c2[nH]c3c(C)cc(Cl)cc3c2CCCCN)cc1.